The van der Waals surface area contributed by atoms with Crippen LogP contribution in [0, 0.1) is 11.3 Å². The van der Waals surface area contributed by atoms with Crippen LogP contribution in [0.5, 0.6) is 0 Å². The van der Waals surface area contributed by atoms with Crippen LogP contribution in [-0.4, -0.2) is 36.6 Å². The van der Waals surface area contributed by atoms with Gasteiger partial charge in [0.1, 0.15) is 0 Å². The predicted molar refractivity (Wildman–Crippen MR) is 58.2 cm³/mol. The Labute approximate surface area is 91.8 Å². The molecular formula is C11H20N2O2. The van der Waals surface area contributed by atoms with Crippen molar-refractivity contribution in [1.82, 2.24) is 4.90 Å². The van der Waals surface area contributed by atoms with Crippen molar-refractivity contribution in [2.75, 3.05) is 13.7 Å². The average Bonchev–Trinajstić information content (AvgIpc) is 2.17. The van der Waals surface area contributed by atoms with Crippen LogP contribution in [0.15, 0.2) is 0 Å². The number of ether oxygens (including phenoxy) is 1. The fourth-order valence-electron chi connectivity index (χ4n) is 1.32. The number of carbonyl (C=O) groups is 1. The van der Waals surface area contributed by atoms with Crippen LogP contribution >= 0.6 is 0 Å². The highest BCUT2D eigenvalue weighted by Crippen LogP contribution is 2.09. The van der Waals surface area contributed by atoms with Gasteiger partial charge in [-0.3, -0.25) is 9.69 Å². The highest BCUT2D eigenvalue weighted by atomic mass is 16.5. The summed E-state index contributed by atoms with van der Waals surface area (Å²) in [7, 11) is 1.92. The van der Waals surface area contributed by atoms with Gasteiger partial charge in [-0.1, -0.05) is 0 Å². The lowest BCUT2D eigenvalue weighted by Crippen LogP contribution is -2.38. The van der Waals surface area contributed by atoms with E-state index in [9.17, 15) is 4.79 Å². The molecule has 0 saturated carbocycles. The van der Waals surface area contributed by atoms with Crippen molar-refractivity contribution in [3.63, 3.8) is 0 Å². The average molecular weight is 212 g/mol. The number of hydrogen-bond acceptors (Lipinski definition) is 4. The molecule has 0 rings (SSSR count). The van der Waals surface area contributed by atoms with Crippen molar-refractivity contribution in [3.8, 4) is 6.07 Å². The molecule has 15 heavy (non-hydrogen) atoms. The summed E-state index contributed by atoms with van der Waals surface area (Å²) in [4.78, 5) is 13.3. The van der Waals surface area contributed by atoms with E-state index in [1.165, 1.54) is 0 Å². The molecule has 0 amide bonds. The molecule has 0 spiro atoms. The van der Waals surface area contributed by atoms with Gasteiger partial charge >= 0.3 is 5.97 Å². The zero-order chi connectivity index (χ0) is 11.8. The first kappa shape index (κ1) is 13.9. The minimum atomic E-state index is -0.180. The monoisotopic (exact) mass is 212 g/mol. The summed E-state index contributed by atoms with van der Waals surface area (Å²) in [6.07, 6.45) is 0.851. The van der Waals surface area contributed by atoms with Crippen molar-refractivity contribution in [1.29, 1.82) is 5.26 Å². The van der Waals surface area contributed by atoms with Gasteiger partial charge in [0.05, 0.1) is 25.5 Å². The third-order valence-corrected chi connectivity index (χ3v) is 2.54. The van der Waals surface area contributed by atoms with Gasteiger partial charge in [-0.25, -0.2) is 0 Å². The topological polar surface area (TPSA) is 53.3 Å². The minimum absolute atomic E-state index is 0.104. The molecule has 2 atom stereocenters. The molecule has 0 heterocycles. The highest BCUT2D eigenvalue weighted by molar-refractivity contribution is 5.70. The quantitative estimate of drug-likeness (QED) is 0.627. The van der Waals surface area contributed by atoms with Crippen LogP contribution in [-0.2, 0) is 9.53 Å². The predicted octanol–water partition coefficient (Wildman–Crippen LogP) is 1.56. The molecule has 0 aromatic carbocycles. The van der Waals surface area contributed by atoms with Crippen LogP contribution < -0.4 is 0 Å². The molecule has 0 saturated heterocycles. The summed E-state index contributed by atoms with van der Waals surface area (Å²) < 4.78 is 4.87. The smallest absolute Gasteiger partial charge is 0.307 e. The lowest BCUT2D eigenvalue weighted by molar-refractivity contribution is -0.144. The Hall–Kier alpha value is -1.08. The molecule has 0 aliphatic heterocycles. The number of esters is 1. The summed E-state index contributed by atoms with van der Waals surface area (Å²) in [6, 6.07) is 2.39. The van der Waals surface area contributed by atoms with Crippen molar-refractivity contribution in [2.45, 2.75) is 45.7 Å². The van der Waals surface area contributed by atoms with Gasteiger partial charge in [0, 0.05) is 12.1 Å². The Morgan fingerprint density at radius 3 is 2.53 bits per heavy atom. The minimum Gasteiger partial charge on any atom is -0.466 e. The van der Waals surface area contributed by atoms with Crippen molar-refractivity contribution in [2.24, 2.45) is 0 Å². The van der Waals surface area contributed by atoms with E-state index in [1.54, 1.807) is 6.92 Å². The van der Waals surface area contributed by atoms with Gasteiger partial charge in [-0.2, -0.15) is 5.26 Å². The first-order valence-electron chi connectivity index (χ1n) is 5.27. The SMILES string of the molecule is CCOC(=O)CC(C)N(C)C(C)CC#N. The first-order valence-corrected chi connectivity index (χ1v) is 5.27. The van der Waals surface area contributed by atoms with E-state index in [1.807, 2.05) is 25.8 Å². The van der Waals surface area contributed by atoms with E-state index >= 15 is 0 Å². The molecule has 0 aliphatic rings. The van der Waals surface area contributed by atoms with Crippen molar-refractivity contribution < 1.29 is 9.53 Å². The van der Waals surface area contributed by atoms with Crippen molar-refractivity contribution in [3.05, 3.63) is 0 Å². The number of nitrogens with zero attached hydrogens (tertiary/aromatic N) is 2. The largest absolute Gasteiger partial charge is 0.466 e. The third-order valence-electron chi connectivity index (χ3n) is 2.54. The maximum atomic E-state index is 11.2. The van der Waals surface area contributed by atoms with Gasteiger partial charge in [-0.15, -0.1) is 0 Å². The normalized spacial score (nSPS) is 14.4. The Morgan fingerprint density at radius 2 is 2.07 bits per heavy atom. The summed E-state index contributed by atoms with van der Waals surface area (Å²) in [5.41, 5.74) is 0. The van der Waals surface area contributed by atoms with E-state index in [4.69, 9.17) is 10.00 Å². The molecule has 0 aromatic rings. The first-order chi connectivity index (χ1) is 7.02. The summed E-state index contributed by atoms with van der Waals surface area (Å²) in [5.74, 6) is -0.180. The zero-order valence-electron chi connectivity index (χ0n) is 9.99. The van der Waals surface area contributed by atoms with Crippen LogP contribution in [0.3, 0.4) is 0 Å². The van der Waals surface area contributed by atoms with Crippen LogP contribution in [0.25, 0.3) is 0 Å². The molecule has 0 fully saturated rings. The van der Waals surface area contributed by atoms with Gasteiger partial charge in [-0.05, 0) is 27.8 Å². The molecule has 0 bridgehead atoms. The molecule has 0 aromatic heterocycles. The molecule has 0 aliphatic carbocycles. The lowest BCUT2D eigenvalue weighted by atomic mass is 10.1. The third kappa shape index (κ3) is 5.38. The summed E-state index contributed by atoms with van der Waals surface area (Å²) >= 11 is 0. The van der Waals surface area contributed by atoms with E-state index in [0.717, 1.165) is 0 Å². The summed E-state index contributed by atoms with van der Waals surface area (Å²) in [6.45, 7) is 6.16. The van der Waals surface area contributed by atoms with E-state index < -0.39 is 0 Å². The Balaban J connectivity index is 4.03. The van der Waals surface area contributed by atoms with Gasteiger partial charge in [0.15, 0.2) is 0 Å². The molecular weight excluding hydrogens is 192 g/mol. The second-order valence-corrected chi connectivity index (χ2v) is 3.73. The highest BCUT2D eigenvalue weighted by Gasteiger charge is 2.18. The van der Waals surface area contributed by atoms with Gasteiger partial charge in [0.2, 0.25) is 0 Å². The fraction of sp³-hybridized carbons (Fsp3) is 0.818. The van der Waals surface area contributed by atoms with Crippen LogP contribution in [0.4, 0.5) is 0 Å². The molecule has 4 heteroatoms. The van der Waals surface area contributed by atoms with Crippen molar-refractivity contribution >= 4 is 5.97 Å². The Morgan fingerprint density at radius 1 is 1.47 bits per heavy atom. The molecule has 86 valence electrons. The molecule has 0 radical (unpaired) electrons. The lowest BCUT2D eigenvalue weighted by Gasteiger charge is -2.28. The number of nitriles is 1. The molecule has 0 N–H and O–H groups in total. The van der Waals surface area contributed by atoms with E-state index in [-0.39, 0.29) is 18.1 Å². The second kappa shape index (κ2) is 7.24. The van der Waals surface area contributed by atoms with Crippen LogP contribution in [0.2, 0.25) is 0 Å². The Bertz CT molecular complexity index is 235. The number of rotatable bonds is 6. The number of carbonyl (C=O) groups excluding carboxylic acids is 1. The van der Waals surface area contributed by atoms with E-state index in [2.05, 4.69) is 6.07 Å². The molecule has 4 nitrogen and oxygen atoms in total. The second-order valence-electron chi connectivity index (χ2n) is 3.73. The maximum absolute atomic E-state index is 11.2. The molecule has 2 unspecified atom stereocenters. The van der Waals surface area contributed by atoms with Gasteiger partial charge in [0.25, 0.3) is 0 Å². The Kier molecular flexibility index (Phi) is 6.72. The fourth-order valence-corrected chi connectivity index (χ4v) is 1.32. The van der Waals surface area contributed by atoms with Crippen LogP contribution in [0.1, 0.15) is 33.6 Å². The number of hydrogen-bond donors (Lipinski definition) is 0. The maximum Gasteiger partial charge on any atom is 0.307 e. The standard InChI is InChI=1S/C11H20N2O2/c1-5-15-11(14)8-10(3)13(4)9(2)6-7-12/h9-10H,5-6,8H2,1-4H3. The van der Waals surface area contributed by atoms with Gasteiger partial charge < -0.3 is 4.74 Å². The zero-order valence-corrected chi connectivity index (χ0v) is 9.99. The summed E-state index contributed by atoms with van der Waals surface area (Å²) in [5, 5.41) is 8.57. The van der Waals surface area contributed by atoms with E-state index in [0.29, 0.717) is 19.4 Å².